The third-order valence-electron chi connectivity index (χ3n) is 4.16. The second kappa shape index (κ2) is 9.96. The molecule has 29 heavy (non-hydrogen) atoms. The van der Waals surface area contributed by atoms with Gasteiger partial charge in [0.25, 0.3) is 0 Å². The fourth-order valence-corrected chi connectivity index (χ4v) is 2.73. The molecule has 0 saturated carbocycles. The van der Waals surface area contributed by atoms with Crippen LogP contribution in [0.4, 0.5) is 4.79 Å². The number of ether oxygens (including phenoxy) is 3. The fourth-order valence-electron chi connectivity index (χ4n) is 2.73. The number of benzene rings is 2. The van der Waals surface area contributed by atoms with Gasteiger partial charge in [-0.2, -0.15) is 0 Å². The molecule has 0 bridgehead atoms. The van der Waals surface area contributed by atoms with Gasteiger partial charge in [0.15, 0.2) is 0 Å². The lowest BCUT2D eigenvalue weighted by atomic mass is 10.0. The van der Waals surface area contributed by atoms with E-state index in [1.54, 1.807) is 20.8 Å². The molecule has 156 valence electrons. The van der Waals surface area contributed by atoms with Crippen molar-refractivity contribution < 1.29 is 23.8 Å². The lowest BCUT2D eigenvalue weighted by molar-refractivity contribution is -0.143. The maximum atomic E-state index is 12.1. The average Bonchev–Trinajstić information content (AvgIpc) is 2.66. The van der Waals surface area contributed by atoms with Crippen LogP contribution in [0.25, 0.3) is 0 Å². The predicted octanol–water partition coefficient (Wildman–Crippen LogP) is 4.18. The summed E-state index contributed by atoms with van der Waals surface area (Å²) in [5, 5.41) is 2.59. The van der Waals surface area contributed by atoms with Crippen molar-refractivity contribution in [1.29, 1.82) is 0 Å². The summed E-state index contributed by atoms with van der Waals surface area (Å²) in [5.74, 6) is 0.212. The Morgan fingerprint density at radius 2 is 1.76 bits per heavy atom. The molecule has 6 nitrogen and oxygen atoms in total. The molecule has 1 atom stereocenters. The van der Waals surface area contributed by atoms with E-state index in [2.05, 4.69) is 5.32 Å². The maximum Gasteiger partial charge on any atom is 0.408 e. The summed E-state index contributed by atoms with van der Waals surface area (Å²) in [7, 11) is 1.29. The molecule has 1 N–H and O–H groups in total. The highest BCUT2D eigenvalue weighted by Gasteiger charge is 2.25. The molecule has 0 saturated heterocycles. The van der Waals surface area contributed by atoms with Crippen LogP contribution in [0.15, 0.2) is 48.5 Å². The summed E-state index contributed by atoms with van der Waals surface area (Å²) in [4.78, 5) is 24.2. The Labute approximate surface area is 172 Å². The van der Waals surface area contributed by atoms with Crippen LogP contribution in [0.3, 0.4) is 0 Å². The number of aryl methyl sites for hydroxylation is 1. The van der Waals surface area contributed by atoms with Crippen molar-refractivity contribution >= 4 is 12.1 Å². The molecular weight excluding hydrogens is 370 g/mol. The summed E-state index contributed by atoms with van der Waals surface area (Å²) >= 11 is 0. The zero-order valence-corrected chi connectivity index (χ0v) is 17.7. The van der Waals surface area contributed by atoms with Gasteiger partial charge in [0.2, 0.25) is 0 Å². The first kappa shape index (κ1) is 22.3. The molecular formula is C23H29NO5. The van der Waals surface area contributed by atoms with E-state index in [-0.39, 0.29) is 6.42 Å². The van der Waals surface area contributed by atoms with Gasteiger partial charge in [0.05, 0.1) is 7.11 Å². The van der Waals surface area contributed by atoms with Crippen LogP contribution in [0.5, 0.6) is 5.75 Å². The number of hydrogen-bond donors (Lipinski definition) is 1. The third kappa shape index (κ3) is 7.49. The van der Waals surface area contributed by atoms with Crippen LogP contribution in [0.1, 0.15) is 37.5 Å². The van der Waals surface area contributed by atoms with E-state index in [4.69, 9.17) is 14.2 Å². The Bertz CT molecular complexity index is 827. The zero-order chi connectivity index (χ0) is 21.4. The zero-order valence-electron chi connectivity index (χ0n) is 17.7. The molecule has 0 aromatic heterocycles. The Hall–Kier alpha value is -3.02. The van der Waals surface area contributed by atoms with Crippen molar-refractivity contribution in [3.63, 3.8) is 0 Å². The standard InChI is InChI=1S/C23H29NO5/c1-16-13-19(28-15-17-9-7-6-8-10-17)12-11-18(16)14-20(21(25)27-5)24-22(26)29-23(2,3)4/h6-13,20H,14-15H2,1-5H3,(H,24,26)/t20-/m0/s1. The van der Waals surface area contributed by atoms with Gasteiger partial charge in [0.1, 0.15) is 24.0 Å². The quantitative estimate of drug-likeness (QED) is 0.707. The number of rotatable bonds is 7. The Balaban J connectivity index is 2.04. The average molecular weight is 399 g/mol. The largest absolute Gasteiger partial charge is 0.489 e. The smallest absolute Gasteiger partial charge is 0.408 e. The Morgan fingerprint density at radius 3 is 2.34 bits per heavy atom. The summed E-state index contributed by atoms with van der Waals surface area (Å²) in [5.41, 5.74) is 2.29. The van der Waals surface area contributed by atoms with Crippen molar-refractivity contribution in [3.05, 3.63) is 65.2 Å². The molecule has 0 fully saturated rings. The highest BCUT2D eigenvalue weighted by atomic mass is 16.6. The second-order valence-corrected chi connectivity index (χ2v) is 7.79. The van der Waals surface area contributed by atoms with Gasteiger partial charge in [-0.25, -0.2) is 9.59 Å². The number of hydrogen-bond acceptors (Lipinski definition) is 5. The number of carbonyl (C=O) groups is 2. The Kier molecular flexibility index (Phi) is 7.65. The number of methoxy groups -OCH3 is 1. The van der Waals surface area contributed by atoms with Crippen molar-refractivity contribution in [2.45, 2.75) is 52.4 Å². The highest BCUT2D eigenvalue weighted by molar-refractivity contribution is 5.81. The van der Waals surface area contributed by atoms with Crippen LogP contribution in [0, 0.1) is 6.92 Å². The molecule has 0 aliphatic carbocycles. The molecule has 0 unspecified atom stereocenters. The van der Waals surface area contributed by atoms with E-state index in [0.29, 0.717) is 6.61 Å². The van der Waals surface area contributed by atoms with Crippen LogP contribution < -0.4 is 10.1 Å². The lowest BCUT2D eigenvalue weighted by Crippen LogP contribution is -2.45. The van der Waals surface area contributed by atoms with Crippen LogP contribution >= 0.6 is 0 Å². The molecule has 2 aromatic rings. The number of alkyl carbamates (subject to hydrolysis) is 1. The Morgan fingerprint density at radius 1 is 1.07 bits per heavy atom. The summed E-state index contributed by atoms with van der Waals surface area (Å²) in [6.45, 7) is 7.70. The van der Waals surface area contributed by atoms with Crippen molar-refractivity contribution in [2.75, 3.05) is 7.11 Å². The van der Waals surface area contributed by atoms with E-state index in [1.165, 1.54) is 7.11 Å². The van der Waals surface area contributed by atoms with Gasteiger partial charge in [-0.1, -0.05) is 36.4 Å². The maximum absolute atomic E-state index is 12.1. The molecule has 1 amide bonds. The monoisotopic (exact) mass is 399 g/mol. The number of amides is 1. The second-order valence-electron chi connectivity index (χ2n) is 7.79. The normalized spacial score (nSPS) is 12.0. The first-order valence-corrected chi connectivity index (χ1v) is 9.51. The highest BCUT2D eigenvalue weighted by Crippen LogP contribution is 2.20. The van der Waals surface area contributed by atoms with E-state index in [9.17, 15) is 9.59 Å². The number of esters is 1. The van der Waals surface area contributed by atoms with Crippen molar-refractivity contribution in [3.8, 4) is 5.75 Å². The first-order valence-electron chi connectivity index (χ1n) is 9.51. The van der Waals surface area contributed by atoms with Crippen molar-refractivity contribution in [1.82, 2.24) is 5.32 Å². The molecule has 2 aromatic carbocycles. The summed E-state index contributed by atoms with van der Waals surface area (Å²) < 4.78 is 15.9. The van der Waals surface area contributed by atoms with E-state index >= 15 is 0 Å². The molecule has 6 heteroatoms. The van der Waals surface area contributed by atoms with Gasteiger partial charge in [-0.3, -0.25) is 0 Å². The minimum atomic E-state index is -0.843. The molecule has 0 aliphatic heterocycles. The van der Waals surface area contributed by atoms with Gasteiger partial charge >= 0.3 is 12.1 Å². The molecule has 0 aliphatic rings. The van der Waals surface area contributed by atoms with E-state index in [1.807, 2.05) is 55.5 Å². The van der Waals surface area contributed by atoms with Crippen LogP contribution in [-0.2, 0) is 27.3 Å². The predicted molar refractivity (Wildman–Crippen MR) is 111 cm³/mol. The van der Waals surface area contributed by atoms with Gasteiger partial charge in [0, 0.05) is 6.42 Å². The van der Waals surface area contributed by atoms with Gasteiger partial charge in [-0.15, -0.1) is 0 Å². The topological polar surface area (TPSA) is 73.9 Å². The molecule has 0 heterocycles. The third-order valence-corrected chi connectivity index (χ3v) is 4.16. The summed E-state index contributed by atoms with van der Waals surface area (Å²) in [6.07, 6.45) is -0.371. The van der Waals surface area contributed by atoms with Crippen LogP contribution in [0.2, 0.25) is 0 Å². The first-order chi connectivity index (χ1) is 13.7. The molecule has 0 radical (unpaired) electrons. The number of nitrogens with one attached hydrogen (secondary N) is 1. The van der Waals surface area contributed by atoms with Crippen molar-refractivity contribution in [2.24, 2.45) is 0 Å². The number of carbonyl (C=O) groups excluding carboxylic acids is 2. The fraction of sp³-hybridized carbons (Fsp3) is 0.391. The minimum absolute atomic E-state index is 0.288. The van der Waals surface area contributed by atoms with E-state index in [0.717, 1.165) is 22.4 Å². The van der Waals surface area contributed by atoms with Gasteiger partial charge in [-0.05, 0) is 56.5 Å². The SMILES string of the molecule is COC(=O)[C@H](Cc1ccc(OCc2ccccc2)cc1C)NC(=O)OC(C)(C)C. The van der Waals surface area contributed by atoms with E-state index < -0.39 is 23.7 Å². The molecule has 0 spiro atoms. The summed E-state index contributed by atoms with van der Waals surface area (Å²) in [6, 6.07) is 14.7. The van der Waals surface area contributed by atoms with Gasteiger partial charge < -0.3 is 19.5 Å². The lowest BCUT2D eigenvalue weighted by Gasteiger charge is -2.23. The molecule has 2 rings (SSSR count). The minimum Gasteiger partial charge on any atom is -0.489 e. The van der Waals surface area contributed by atoms with Crippen LogP contribution in [-0.4, -0.2) is 30.8 Å².